The van der Waals surface area contributed by atoms with Crippen molar-refractivity contribution in [2.45, 2.75) is 128 Å². The van der Waals surface area contributed by atoms with E-state index in [1.807, 2.05) is 0 Å². The molecule has 2 aliphatic rings. The summed E-state index contributed by atoms with van der Waals surface area (Å²) in [5.74, 6) is -9.29. The first-order valence-corrected chi connectivity index (χ1v) is 24.4. The molecule has 4 rings (SSSR count). The predicted octanol–water partition coefficient (Wildman–Crippen LogP) is -0.588. The maximum Gasteiger partial charge on any atom is 0.329 e. The number of amides is 7. The van der Waals surface area contributed by atoms with Crippen LogP contribution < -0.4 is 26.6 Å². The van der Waals surface area contributed by atoms with Crippen molar-refractivity contribution in [2.75, 3.05) is 20.8 Å². The van der Waals surface area contributed by atoms with E-state index in [-0.39, 0.29) is 37.9 Å². The van der Waals surface area contributed by atoms with Gasteiger partial charge in [-0.1, -0.05) is 82.7 Å². The van der Waals surface area contributed by atoms with E-state index in [1.165, 1.54) is 65.1 Å². The molecule has 0 unspecified atom stereocenters. The average molecular weight is 1020 g/mol. The summed E-state index contributed by atoms with van der Waals surface area (Å²) in [7, 11) is -2.89. The number of nitrogens with one attached hydrogen (secondary N) is 5. The SMILES string of the molecule is C/C=C1\NC(=O)[C@@H](NC(=O)[C@@H](NC(=O)[C@@H](COS(=O)(=O)[O-])OC)C(C)C)[C@@H](C)OC(=O)[C@H]([C@H](C)CC)NC(=O)[C@H](Cc2ccc(O)cc2)N(C)C(=O)[C@H](Cc2ccccc2)N2C(=O)[C@H](CC[C@H]2O)NC1=O. The summed E-state index contributed by atoms with van der Waals surface area (Å²) in [6, 6.07) is 5.39. The van der Waals surface area contributed by atoms with Gasteiger partial charge in [0.1, 0.15) is 66.6 Å². The lowest BCUT2D eigenvalue weighted by atomic mass is 9.95. The maximum absolute atomic E-state index is 15.0. The van der Waals surface area contributed by atoms with E-state index in [9.17, 15) is 56.7 Å². The van der Waals surface area contributed by atoms with Crippen LogP contribution in [0.25, 0.3) is 0 Å². The highest BCUT2D eigenvalue weighted by atomic mass is 32.3. The number of ether oxygens (including phenoxy) is 2. The lowest BCUT2D eigenvalue weighted by molar-refractivity contribution is -0.165. The molecule has 0 saturated carbocycles. The molecule has 0 aromatic heterocycles. The monoisotopic (exact) mass is 1010 g/mol. The fourth-order valence-corrected chi connectivity index (χ4v) is 8.25. The zero-order chi connectivity index (χ0) is 52.9. The number of aliphatic hydroxyl groups is 1. The van der Waals surface area contributed by atoms with Crippen molar-refractivity contribution in [3.05, 3.63) is 77.5 Å². The zero-order valence-corrected chi connectivity index (χ0v) is 41.6. The molecule has 71 heavy (non-hydrogen) atoms. The number of phenolic OH excluding ortho intramolecular Hbond substituents is 1. The van der Waals surface area contributed by atoms with Gasteiger partial charge < -0.3 is 60.6 Å². The van der Waals surface area contributed by atoms with Crippen LogP contribution in [0, 0.1) is 11.8 Å². The van der Waals surface area contributed by atoms with Crippen LogP contribution in [0.15, 0.2) is 66.4 Å². The molecule has 7 amide bonds. The minimum atomic E-state index is -5.24. The topological polar surface area (TPSA) is 329 Å². The van der Waals surface area contributed by atoms with Crippen molar-refractivity contribution in [1.29, 1.82) is 0 Å². The molecule has 0 aliphatic carbocycles. The summed E-state index contributed by atoms with van der Waals surface area (Å²) in [6.07, 6.45) is -3.88. The smallest absolute Gasteiger partial charge is 0.329 e. The Morgan fingerprint density at radius 2 is 1.54 bits per heavy atom. The third-order valence-corrected chi connectivity index (χ3v) is 12.8. The van der Waals surface area contributed by atoms with Gasteiger partial charge in [-0.05, 0) is 61.8 Å². The Morgan fingerprint density at radius 3 is 2.11 bits per heavy atom. The fraction of sp³-hybridized carbons (Fsp3) is 0.532. The molecule has 390 valence electrons. The number of benzene rings is 2. The molecule has 0 spiro atoms. The van der Waals surface area contributed by atoms with E-state index in [1.54, 1.807) is 44.2 Å². The Balaban J connectivity index is 1.84. The molecule has 2 bridgehead atoms. The molecule has 2 fully saturated rings. The second-order valence-electron chi connectivity index (χ2n) is 17.7. The minimum absolute atomic E-state index is 0.0743. The second kappa shape index (κ2) is 25.6. The highest BCUT2D eigenvalue weighted by Gasteiger charge is 2.46. The van der Waals surface area contributed by atoms with E-state index in [4.69, 9.17) is 9.47 Å². The summed E-state index contributed by atoms with van der Waals surface area (Å²) >= 11 is 0. The van der Waals surface area contributed by atoms with Gasteiger partial charge in [0.2, 0.25) is 34.0 Å². The highest BCUT2D eigenvalue weighted by molar-refractivity contribution is 7.80. The van der Waals surface area contributed by atoms with Gasteiger partial charge in [0.15, 0.2) is 6.10 Å². The quantitative estimate of drug-likeness (QED) is 0.0508. The number of likely N-dealkylation sites (N-methyl/N-ethyl adjacent to an activating group) is 1. The Hall–Kier alpha value is -6.47. The van der Waals surface area contributed by atoms with Gasteiger partial charge in [-0.25, -0.2) is 13.2 Å². The van der Waals surface area contributed by atoms with Gasteiger partial charge >= 0.3 is 5.97 Å². The predicted molar refractivity (Wildman–Crippen MR) is 250 cm³/mol. The number of hydrogen-bond donors (Lipinski definition) is 7. The van der Waals surface area contributed by atoms with E-state index in [0.29, 0.717) is 11.1 Å². The molecule has 0 radical (unpaired) electrons. The summed E-state index contributed by atoms with van der Waals surface area (Å²) in [5.41, 5.74) is 0.636. The lowest BCUT2D eigenvalue weighted by Crippen LogP contribution is -2.64. The number of fused-ring (bicyclic) bond motifs is 2. The number of aromatic hydroxyl groups is 1. The van der Waals surface area contributed by atoms with Gasteiger partial charge in [-0.2, -0.15) is 0 Å². The Bertz CT molecular complexity index is 2390. The van der Waals surface area contributed by atoms with Crippen molar-refractivity contribution in [1.82, 2.24) is 36.4 Å². The van der Waals surface area contributed by atoms with Crippen LogP contribution in [0.3, 0.4) is 0 Å². The molecule has 2 aliphatic heterocycles. The standard InChI is InChI=1S/C47H65N7O16S/c1-9-26(5)38-47(64)70-27(6)39(52-43(60)37(25(3)4)50-42(59)35(68-8)24-69-71(65,66)67)44(61)48-31(10-2)40(57)49-32-20-21-36(56)54(45(32)62)34(23-28-14-12-11-13-15-28)46(63)53(7)33(41(58)51-38)22-29-16-18-30(55)19-17-29/h10-19,25-27,32-39,55-56H,9,20-24H2,1-8H3,(H,48,61)(H,49,57)(H,50,59)(H,51,58)(H,52,60)(H,65,66,67)/p-1/b31-10-/t26-,27-,32+,33+,34+,35-,36-,37+,38+,39+/m1/s1. The van der Waals surface area contributed by atoms with Crippen LogP contribution in [-0.4, -0.2) is 156 Å². The van der Waals surface area contributed by atoms with Gasteiger partial charge in [-0.15, -0.1) is 0 Å². The first kappa shape index (κ1) is 57.1. The minimum Gasteiger partial charge on any atom is -0.726 e. The van der Waals surface area contributed by atoms with Gasteiger partial charge in [0.25, 0.3) is 17.7 Å². The van der Waals surface area contributed by atoms with Gasteiger partial charge in [0, 0.05) is 27.0 Å². The number of hydrogen-bond acceptors (Lipinski definition) is 16. The molecule has 2 saturated heterocycles. The van der Waals surface area contributed by atoms with E-state index in [0.717, 1.165) is 16.9 Å². The average Bonchev–Trinajstić information content (AvgIpc) is 3.32. The van der Waals surface area contributed by atoms with E-state index < -0.39 is 137 Å². The Kier molecular flexibility index (Phi) is 20.6. The zero-order valence-electron chi connectivity index (χ0n) is 40.8. The lowest BCUT2D eigenvalue weighted by Gasteiger charge is -2.43. The van der Waals surface area contributed by atoms with Crippen molar-refractivity contribution < 1.29 is 75.2 Å². The molecule has 10 atom stereocenters. The van der Waals surface area contributed by atoms with Crippen molar-refractivity contribution in [3.63, 3.8) is 0 Å². The second-order valence-corrected chi connectivity index (χ2v) is 18.8. The number of esters is 1. The fourth-order valence-electron chi connectivity index (χ4n) is 7.96. The van der Waals surface area contributed by atoms with E-state index >= 15 is 4.79 Å². The largest absolute Gasteiger partial charge is 0.726 e. The van der Waals surface area contributed by atoms with Crippen LogP contribution in [0.1, 0.15) is 71.9 Å². The molecular weight excluding hydrogens is 951 g/mol. The number of cyclic esters (lactones) is 1. The van der Waals surface area contributed by atoms with Gasteiger partial charge in [-0.3, -0.25) is 37.7 Å². The van der Waals surface area contributed by atoms with E-state index in [2.05, 4.69) is 30.8 Å². The number of rotatable bonds is 15. The normalized spacial score (nSPS) is 25.1. The molecule has 23 nitrogen and oxygen atoms in total. The molecule has 7 N–H and O–H groups in total. The summed E-state index contributed by atoms with van der Waals surface area (Å²) in [6.45, 7) is 7.98. The number of nitrogens with zero attached hydrogens (tertiary/aromatic N) is 2. The van der Waals surface area contributed by atoms with Crippen molar-refractivity contribution in [3.8, 4) is 5.75 Å². The van der Waals surface area contributed by atoms with Crippen LogP contribution in [-0.2, 0) is 75.3 Å². The number of carbonyl (C=O) groups excluding carboxylic acids is 8. The number of phenols is 1. The summed E-state index contributed by atoms with van der Waals surface area (Å²) < 4.78 is 48.2. The maximum atomic E-state index is 15.0. The number of aliphatic hydroxyl groups excluding tert-OH is 1. The molecule has 2 heterocycles. The summed E-state index contributed by atoms with van der Waals surface area (Å²) in [4.78, 5) is 116. The first-order chi connectivity index (χ1) is 33.4. The van der Waals surface area contributed by atoms with Crippen LogP contribution >= 0.6 is 0 Å². The third-order valence-electron chi connectivity index (χ3n) is 12.4. The molecule has 2 aromatic carbocycles. The molecule has 2 aromatic rings. The highest BCUT2D eigenvalue weighted by Crippen LogP contribution is 2.26. The first-order valence-electron chi connectivity index (χ1n) is 23.0. The van der Waals surface area contributed by atoms with Gasteiger partial charge in [0.05, 0.1) is 0 Å². The van der Waals surface area contributed by atoms with Crippen LogP contribution in [0.4, 0.5) is 0 Å². The Labute approximate surface area is 412 Å². The molecule has 24 heteroatoms. The van der Waals surface area contributed by atoms with Crippen molar-refractivity contribution >= 4 is 57.7 Å². The Morgan fingerprint density at radius 1 is 0.915 bits per heavy atom. The summed E-state index contributed by atoms with van der Waals surface area (Å²) in [5, 5.41) is 34.1. The number of methoxy groups -OCH3 is 1. The van der Waals surface area contributed by atoms with Crippen LogP contribution in [0.5, 0.6) is 5.75 Å². The van der Waals surface area contributed by atoms with Crippen LogP contribution in [0.2, 0.25) is 0 Å². The number of allylic oxidation sites excluding steroid dienone is 1. The number of carbonyl (C=O) groups is 8. The molecular formula is C47H64N7O16S-. The number of piperidine rings is 1. The van der Waals surface area contributed by atoms with Crippen molar-refractivity contribution in [2.24, 2.45) is 11.8 Å². The third kappa shape index (κ3) is 15.5.